The summed E-state index contributed by atoms with van der Waals surface area (Å²) in [5.74, 6) is 0.880. The Morgan fingerprint density at radius 2 is 0.919 bits per heavy atom. The summed E-state index contributed by atoms with van der Waals surface area (Å²) in [6.45, 7) is 5.01. The zero-order valence-corrected chi connectivity index (χ0v) is 25.3. The van der Waals surface area contributed by atoms with E-state index in [1.165, 1.54) is 116 Å². The Morgan fingerprint density at radius 1 is 0.486 bits per heavy atom. The van der Waals surface area contributed by atoms with Crippen molar-refractivity contribution in [2.45, 2.75) is 193 Å². The second-order valence-corrected chi connectivity index (χ2v) is 11.9. The largest absolute Gasteiger partial charge is 0.396 e. The first-order chi connectivity index (χ1) is 18.1. The molecule has 222 valence electrons. The molecule has 0 aromatic rings. The molecular weight excluding hydrogens is 456 g/mol. The number of allylic oxidation sites excluding steroid dienone is 2. The van der Waals surface area contributed by atoms with Gasteiger partial charge in [-0.3, -0.25) is 0 Å². The van der Waals surface area contributed by atoms with Gasteiger partial charge in [0.2, 0.25) is 0 Å². The zero-order valence-electron chi connectivity index (χ0n) is 25.3. The van der Waals surface area contributed by atoms with Crippen LogP contribution >= 0.6 is 0 Å². The van der Waals surface area contributed by atoms with Crippen molar-refractivity contribution in [2.75, 3.05) is 6.61 Å². The standard InChI is InChI=1S/C34H68O3/c1-3-4-5-6-16-21-26-32(2)27-22-17-12-10-8-7-9-11-13-18-23-28-33(36)31-34(37)29-24-19-14-15-20-25-30-35/h12,17,32-37H,3-11,13-16,18-31H2,1-2H3/b17-12+/t32-,33-,34+/m0/s1. The molecule has 0 aromatic carbocycles. The number of unbranched alkanes of at least 4 members (excludes halogenated alkanes) is 17. The molecule has 0 saturated carbocycles. The highest BCUT2D eigenvalue weighted by Gasteiger charge is 2.11. The predicted octanol–water partition coefficient (Wildman–Crippen LogP) is 10.1. The molecular formula is C34H68O3. The summed E-state index contributed by atoms with van der Waals surface area (Å²) in [5.41, 5.74) is 0. The van der Waals surface area contributed by atoms with Crippen LogP contribution in [-0.4, -0.2) is 34.1 Å². The number of aliphatic hydroxyl groups excluding tert-OH is 3. The van der Waals surface area contributed by atoms with E-state index in [2.05, 4.69) is 26.0 Å². The van der Waals surface area contributed by atoms with Crippen LogP contribution in [0.2, 0.25) is 0 Å². The Balaban J connectivity index is 3.37. The Bertz CT molecular complexity index is 450. The minimum Gasteiger partial charge on any atom is -0.396 e. The maximum absolute atomic E-state index is 10.2. The van der Waals surface area contributed by atoms with Crippen molar-refractivity contribution in [3.05, 3.63) is 12.2 Å². The SMILES string of the molecule is CCCCCCCC[C@H](C)CC/C=C/CCCCCCCCC[C@H](O)C[C@H](O)CCCCCCCCO. The quantitative estimate of drug-likeness (QED) is 0.0647. The maximum Gasteiger partial charge on any atom is 0.0564 e. The highest BCUT2D eigenvalue weighted by Crippen LogP contribution is 2.18. The second kappa shape index (κ2) is 30.2. The fourth-order valence-electron chi connectivity index (χ4n) is 5.31. The molecule has 0 amide bonds. The number of hydrogen-bond acceptors (Lipinski definition) is 3. The molecule has 0 unspecified atom stereocenters. The van der Waals surface area contributed by atoms with E-state index in [1.54, 1.807) is 0 Å². The van der Waals surface area contributed by atoms with E-state index >= 15 is 0 Å². The third kappa shape index (κ3) is 30.0. The lowest BCUT2D eigenvalue weighted by Crippen LogP contribution is -2.17. The monoisotopic (exact) mass is 525 g/mol. The van der Waals surface area contributed by atoms with Gasteiger partial charge in [0.1, 0.15) is 0 Å². The third-order valence-electron chi connectivity index (χ3n) is 7.94. The lowest BCUT2D eigenvalue weighted by atomic mass is 9.97. The molecule has 0 fully saturated rings. The minimum absolute atomic E-state index is 0.299. The van der Waals surface area contributed by atoms with Crippen LogP contribution in [0.25, 0.3) is 0 Å². The van der Waals surface area contributed by atoms with Crippen molar-refractivity contribution in [2.24, 2.45) is 5.92 Å². The molecule has 0 radical (unpaired) electrons. The van der Waals surface area contributed by atoms with Crippen LogP contribution in [0, 0.1) is 5.92 Å². The van der Waals surface area contributed by atoms with Crippen LogP contribution in [0.4, 0.5) is 0 Å². The first-order valence-electron chi connectivity index (χ1n) is 16.7. The highest BCUT2D eigenvalue weighted by atomic mass is 16.3. The van der Waals surface area contributed by atoms with Gasteiger partial charge in [0.25, 0.3) is 0 Å². The van der Waals surface area contributed by atoms with Gasteiger partial charge in [-0.15, -0.1) is 0 Å². The molecule has 0 aliphatic rings. The molecule has 0 aliphatic heterocycles. The Kier molecular flexibility index (Phi) is 29.9. The second-order valence-electron chi connectivity index (χ2n) is 11.9. The van der Waals surface area contributed by atoms with E-state index in [4.69, 9.17) is 5.11 Å². The van der Waals surface area contributed by atoms with Crippen molar-refractivity contribution in [1.29, 1.82) is 0 Å². The molecule has 0 heterocycles. The molecule has 0 rings (SSSR count). The Hall–Kier alpha value is -0.380. The van der Waals surface area contributed by atoms with Crippen LogP contribution in [0.15, 0.2) is 12.2 Å². The van der Waals surface area contributed by atoms with E-state index in [-0.39, 0.29) is 12.2 Å². The maximum atomic E-state index is 10.2. The number of aliphatic hydroxyl groups is 3. The molecule has 3 heteroatoms. The normalized spacial score (nSPS) is 14.4. The van der Waals surface area contributed by atoms with Crippen molar-refractivity contribution >= 4 is 0 Å². The van der Waals surface area contributed by atoms with Gasteiger partial charge >= 0.3 is 0 Å². The van der Waals surface area contributed by atoms with Gasteiger partial charge in [0, 0.05) is 6.61 Å². The van der Waals surface area contributed by atoms with Gasteiger partial charge in [-0.1, -0.05) is 142 Å². The molecule has 3 atom stereocenters. The average molecular weight is 525 g/mol. The third-order valence-corrected chi connectivity index (χ3v) is 7.94. The molecule has 3 nitrogen and oxygen atoms in total. The first-order valence-corrected chi connectivity index (χ1v) is 16.7. The van der Waals surface area contributed by atoms with Crippen molar-refractivity contribution in [3.63, 3.8) is 0 Å². The first kappa shape index (κ1) is 36.6. The van der Waals surface area contributed by atoms with Crippen molar-refractivity contribution in [1.82, 2.24) is 0 Å². The summed E-state index contributed by atoms with van der Waals surface area (Å²) in [6, 6.07) is 0. The van der Waals surface area contributed by atoms with Crippen molar-refractivity contribution < 1.29 is 15.3 Å². The minimum atomic E-state index is -0.352. The zero-order chi connectivity index (χ0) is 27.2. The Morgan fingerprint density at radius 3 is 1.46 bits per heavy atom. The van der Waals surface area contributed by atoms with Gasteiger partial charge < -0.3 is 15.3 Å². The predicted molar refractivity (Wildman–Crippen MR) is 163 cm³/mol. The van der Waals surface area contributed by atoms with E-state index in [9.17, 15) is 10.2 Å². The summed E-state index contributed by atoms with van der Waals surface area (Å²) in [7, 11) is 0. The van der Waals surface area contributed by atoms with Crippen LogP contribution in [0.1, 0.15) is 181 Å². The van der Waals surface area contributed by atoms with Crippen LogP contribution < -0.4 is 0 Å². The fraction of sp³-hybridized carbons (Fsp3) is 0.941. The highest BCUT2D eigenvalue weighted by molar-refractivity contribution is 4.82. The molecule has 0 aromatic heterocycles. The van der Waals surface area contributed by atoms with E-state index in [0.717, 1.165) is 50.9 Å². The smallest absolute Gasteiger partial charge is 0.0564 e. The molecule has 3 N–H and O–H groups in total. The number of rotatable bonds is 30. The van der Waals surface area contributed by atoms with Crippen LogP contribution in [0.5, 0.6) is 0 Å². The summed E-state index contributed by atoms with van der Waals surface area (Å²) in [4.78, 5) is 0. The summed E-state index contributed by atoms with van der Waals surface area (Å²) < 4.78 is 0. The topological polar surface area (TPSA) is 60.7 Å². The number of hydrogen-bond donors (Lipinski definition) is 3. The van der Waals surface area contributed by atoms with Crippen LogP contribution in [0.3, 0.4) is 0 Å². The van der Waals surface area contributed by atoms with Gasteiger partial charge in [0.05, 0.1) is 12.2 Å². The lowest BCUT2D eigenvalue weighted by molar-refractivity contribution is 0.0680. The van der Waals surface area contributed by atoms with Gasteiger partial charge in [-0.2, -0.15) is 0 Å². The molecule has 0 spiro atoms. The molecule has 0 bridgehead atoms. The molecule has 0 saturated heterocycles. The lowest BCUT2D eigenvalue weighted by Gasteiger charge is -2.15. The van der Waals surface area contributed by atoms with Gasteiger partial charge in [0.15, 0.2) is 0 Å². The van der Waals surface area contributed by atoms with Crippen LogP contribution in [-0.2, 0) is 0 Å². The molecule has 0 aliphatic carbocycles. The molecule has 37 heavy (non-hydrogen) atoms. The fourth-order valence-corrected chi connectivity index (χ4v) is 5.31. The summed E-state index contributed by atoms with van der Waals surface area (Å²) in [6.07, 6.45) is 35.5. The van der Waals surface area contributed by atoms with E-state index in [0.29, 0.717) is 13.0 Å². The van der Waals surface area contributed by atoms with E-state index in [1.807, 2.05) is 0 Å². The Labute approximate surface area is 232 Å². The van der Waals surface area contributed by atoms with Gasteiger partial charge in [-0.25, -0.2) is 0 Å². The summed E-state index contributed by atoms with van der Waals surface area (Å²) >= 11 is 0. The van der Waals surface area contributed by atoms with Gasteiger partial charge in [-0.05, 0) is 57.3 Å². The summed E-state index contributed by atoms with van der Waals surface area (Å²) in [5, 5.41) is 29.1. The van der Waals surface area contributed by atoms with E-state index < -0.39 is 0 Å². The average Bonchev–Trinajstić information content (AvgIpc) is 2.88. The van der Waals surface area contributed by atoms with Crippen molar-refractivity contribution in [3.8, 4) is 0 Å².